The second-order valence-corrected chi connectivity index (χ2v) is 10.4. The minimum absolute atomic E-state index is 0.0494. The number of nitrogens with one attached hydrogen (secondary N) is 1. The van der Waals surface area contributed by atoms with Crippen LogP contribution in [-0.2, 0) is 15.8 Å². The minimum Gasteiger partial charge on any atom is -0.273 e. The van der Waals surface area contributed by atoms with E-state index in [1.807, 2.05) is 48.5 Å². The van der Waals surface area contributed by atoms with E-state index in [2.05, 4.69) is 14.9 Å². The lowest BCUT2D eigenvalue weighted by molar-refractivity contribution is -0.384. The highest BCUT2D eigenvalue weighted by molar-refractivity contribution is 7.98. The van der Waals surface area contributed by atoms with Gasteiger partial charge in [-0.15, -0.1) is 10.2 Å². The third-order valence-electron chi connectivity index (χ3n) is 5.16. The van der Waals surface area contributed by atoms with E-state index in [1.54, 1.807) is 35.8 Å². The molecule has 4 rings (SSSR count). The fraction of sp³-hybridized carbons (Fsp3) is 0.120. The summed E-state index contributed by atoms with van der Waals surface area (Å²) < 4.78 is 29.8. The molecule has 0 aliphatic carbocycles. The van der Waals surface area contributed by atoms with Gasteiger partial charge in [-0.1, -0.05) is 72.4 Å². The van der Waals surface area contributed by atoms with E-state index in [-0.39, 0.29) is 5.69 Å². The largest absolute Gasteiger partial charge is 0.273 e. The molecule has 0 radical (unpaired) electrons. The average Bonchev–Trinajstić information content (AvgIpc) is 3.31. The number of benzene rings is 3. The number of nitro groups is 1. The van der Waals surface area contributed by atoms with Gasteiger partial charge in [-0.05, 0) is 36.3 Å². The topological polar surface area (TPSA) is 120 Å². The zero-order valence-electron chi connectivity index (χ0n) is 19.3. The van der Waals surface area contributed by atoms with Crippen molar-refractivity contribution in [1.29, 1.82) is 0 Å². The van der Waals surface area contributed by atoms with E-state index in [1.165, 1.54) is 30.0 Å². The van der Waals surface area contributed by atoms with Crippen molar-refractivity contribution in [2.24, 2.45) is 0 Å². The molecular formula is C25H23N5O4S2. The first-order chi connectivity index (χ1) is 17.3. The van der Waals surface area contributed by atoms with Crippen molar-refractivity contribution in [3.63, 3.8) is 0 Å². The lowest BCUT2D eigenvalue weighted by Crippen LogP contribution is -2.27. The predicted octanol–water partition coefficient (Wildman–Crippen LogP) is 5.12. The molecule has 0 fully saturated rings. The Morgan fingerprint density at radius 3 is 2.28 bits per heavy atom. The van der Waals surface area contributed by atoms with E-state index in [4.69, 9.17) is 0 Å². The molecule has 0 bridgehead atoms. The molecule has 0 spiro atoms. The molecule has 0 aliphatic rings. The number of hydrogen-bond donors (Lipinski definition) is 1. The fourth-order valence-electron chi connectivity index (χ4n) is 3.41. The van der Waals surface area contributed by atoms with Crippen LogP contribution in [-0.4, -0.2) is 28.1 Å². The predicted molar refractivity (Wildman–Crippen MR) is 140 cm³/mol. The van der Waals surface area contributed by atoms with Gasteiger partial charge in [-0.2, -0.15) is 0 Å². The standard InChI is InChI=1S/C25H23N5O4S2/c1-19(28-36(33,34)17-16-20-8-4-2-5-9-20)24-26-27-25(35-18-21-10-6-3-7-11-21)29(24)22-12-14-23(15-13-22)30(31)32/h2-17,19,28H,18H2,1H3/b17-16+. The Labute approximate surface area is 213 Å². The molecular weight excluding hydrogens is 498 g/mol. The van der Waals surface area contributed by atoms with Crippen molar-refractivity contribution in [3.05, 3.63) is 117 Å². The Hall–Kier alpha value is -3.80. The van der Waals surface area contributed by atoms with Gasteiger partial charge >= 0.3 is 0 Å². The Morgan fingerprint density at radius 1 is 1.00 bits per heavy atom. The monoisotopic (exact) mass is 521 g/mol. The maximum absolute atomic E-state index is 12.7. The van der Waals surface area contributed by atoms with E-state index in [0.29, 0.717) is 22.4 Å². The summed E-state index contributed by atoms with van der Waals surface area (Å²) in [6, 6.07) is 24.2. The van der Waals surface area contributed by atoms with Crippen molar-refractivity contribution in [3.8, 4) is 5.69 Å². The summed E-state index contributed by atoms with van der Waals surface area (Å²) in [4.78, 5) is 10.6. The average molecular weight is 522 g/mol. The minimum atomic E-state index is -3.80. The first-order valence-corrected chi connectivity index (χ1v) is 13.5. The molecule has 1 atom stereocenters. The molecule has 3 aromatic carbocycles. The summed E-state index contributed by atoms with van der Waals surface area (Å²) in [5, 5.41) is 21.3. The smallest absolute Gasteiger partial charge is 0.269 e. The van der Waals surface area contributed by atoms with Gasteiger partial charge in [0, 0.05) is 29.0 Å². The summed E-state index contributed by atoms with van der Waals surface area (Å²) >= 11 is 1.43. The van der Waals surface area contributed by atoms with Gasteiger partial charge in [0.15, 0.2) is 11.0 Å². The molecule has 0 saturated carbocycles. The van der Waals surface area contributed by atoms with Gasteiger partial charge < -0.3 is 0 Å². The van der Waals surface area contributed by atoms with Gasteiger partial charge in [-0.3, -0.25) is 14.7 Å². The van der Waals surface area contributed by atoms with Crippen molar-refractivity contribution in [1.82, 2.24) is 19.5 Å². The van der Waals surface area contributed by atoms with Crippen LogP contribution in [0.15, 0.2) is 95.5 Å². The maximum atomic E-state index is 12.7. The molecule has 184 valence electrons. The van der Waals surface area contributed by atoms with E-state index in [0.717, 1.165) is 16.5 Å². The molecule has 11 heteroatoms. The third kappa shape index (κ3) is 6.45. The van der Waals surface area contributed by atoms with Crippen LogP contribution in [0.4, 0.5) is 5.69 Å². The van der Waals surface area contributed by atoms with Crippen molar-refractivity contribution >= 4 is 33.5 Å². The van der Waals surface area contributed by atoms with Gasteiger partial charge in [0.2, 0.25) is 10.0 Å². The number of thioether (sulfide) groups is 1. The van der Waals surface area contributed by atoms with E-state index >= 15 is 0 Å². The van der Waals surface area contributed by atoms with Gasteiger partial charge in [0.1, 0.15) is 0 Å². The van der Waals surface area contributed by atoms with Crippen molar-refractivity contribution < 1.29 is 13.3 Å². The number of nitrogens with zero attached hydrogens (tertiary/aromatic N) is 4. The van der Waals surface area contributed by atoms with Crippen LogP contribution in [0.1, 0.15) is 29.9 Å². The molecule has 1 unspecified atom stereocenters. The summed E-state index contributed by atoms with van der Waals surface area (Å²) in [5.74, 6) is 0.974. The van der Waals surface area contributed by atoms with Crippen LogP contribution < -0.4 is 4.72 Å². The third-order valence-corrected chi connectivity index (χ3v) is 7.33. The SMILES string of the molecule is CC(NS(=O)(=O)/C=C/c1ccccc1)c1nnc(SCc2ccccc2)n1-c1ccc([N+](=O)[O-])cc1. The molecule has 9 nitrogen and oxygen atoms in total. The summed E-state index contributed by atoms with van der Waals surface area (Å²) in [6.07, 6.45) is 1.51. The number of hydrogen-bond acceptors (Lipinski definition) is 7. The number of non-ortho nitro benzene ring substituents is 1. The molecule has 1 aromatic heterocycles. The summed E-state index contributed by atoms with van der Waals surface area (Å²) in [7, 11) is -3.80. The first-order valence-electron chi connectivity index (χ1n) is 10.9. The summed E-state index contributed by atoms with van der Waals surface area (Å²) in [5.41, 5.74) is 2.37. The Bertz CT molecular complexity index is 1460. The first kappa shape index (κ1) is 25.3. The van der Waals surface area contributed by atoms with Crippen molar-refractivity contribution in [2.45, 2.75) is 23.9 Å². The van der Waals surface area contributed by atoms with Crippen LogP contribution in [0.3, 0.4) is 0 Å². The lowest BCUT2D eigenvalue weighted by atomic mass is 10.2. The van der Waals surface area contributed by atoms with Crippen LogP contribution >= 0.6 is 11.8 Å². The highest BCUT2D eigenvalue weighted by Gasteiger charge is 2.23. The van der Waals surface area contributed by atoms with Crippen LogP contribution in [0.25, 0.3) is 11.8 Å². The van der Waals surface area contributed by atoms with Gasteiger partial charge in [-0.25, -0.2) is 13.1 Å². The Balaban J connectivity index is 1.62. The zero-order chi connectivity index (χ0) is 25.5. The number of nitro benzene ring substituents is 1. The maximum Gasteiger partial charge on any atom is 0.269 e. The molecule has 36 heavy (non-hydrogen) atoms. The Kier molecular flexibility index (Phi) is 7.93. The molecule has 1 heterocycles. The second kappa shape index (κ2) is 11.3. The number of rotatable bonds is 10. The van der Waals surface area contributed by atoms with Crippen LogP contribution in [0, 0.1) is 10.1 Å². The Morgan fingerprint density at radius 2 is 1.64 bits per heavy atom. The molecule has 4 aromatic rings. The second-order valence-electron chi connectivity index (χ2n) is 7.82. The van der Waals surface area contributed by atoms with Crippen LogP contribution in [0.5, 0.6) is 0 Å². The number of aromatic nitrogens is 3. The van der Waals surface area contributed by atoms with Gasteiger partial charge in [0.25, 0.3) is 5.69 Å². The zero-order valence-corrected chi connectivity index (χ0v) is 20.9. The molecule has 0 saturated heterocycles. The quantitative estimate of drug-likeness (QED) is 0.175. The lowest BCUT2D eigenvalue weighted by Gasteiger charge is -2.15. The van der Waals surface area contributed by atoms with E-state index in [9.17, 15) is 18.5 Å². The normalized spacial score (nSPS) is 12.6. The van der Waals surface area contributed by atoms with Crippen LogP contribution in [0.2, 0.25) is 0 Å². The van der Waals surface area contributed by atoms with E-state index < -0.39 is 21.0 Å². The highest BCUT2D eigenvalue weighted by atomic mass is 32.2. The van der Waals surface area contributed by atoms with Crippen molar-refractivity contribution in [2.75, 3.05) is 0 Å². The molecule has 0 aliphatic heterocycles. The summed E-state index contributed by atoms with van der Waals surface area (Å²) in [6.45, 7) is 1.67. The highest BCUT2D eigenvalue weighted by Crippen LogP contribution is 2.28. The number of sulfonamides is 1. The molecule has 1 N–H and O–H groups in total. The molecule has 0 amide bonds. The fourth-order valence-corrected chi connectivity index (χ4v) is 5.34. The van der Waals surface area contributed by atoms with Gasteiger partial charge in [0.05, 0.1) is 11.0 Å².